The smallest absolute Gasteiger partial charge is 0.406 e. The highest BCUT2D eigenvalue weighted by atomic mass is 19.4. The molecule has 0 bridgehead atoms. The van der Waals surface area contributed by atoms with Crippen LogP contribution in [0.1, 0.15) is 6.92 Å². The van der Waals surface area contributed by atoms with Gasteiger partial charge in [0.2, 0.25) is 11.8 Å². The summed E-state index contributed by atoms with van der Waals surface area (Å²) in [5.74, 6) is -1.35. The van der Waals surface area contributed by atoms with Gasteiger partial charge in [0.15, 0.2) is 0 Å². The first-order valence-electron chi connectivity index (χ1n) is 9.37. The standard InChI is InChI=1S/C20H17F4N5O4/c1-11(10-30)25-19-27-16(12-3-2-4-14(7-12)33-20(22,23)24)9-18(28-19)26-13-5-6-15(21)17(8-13)29(31)32/h2-9,11,30H,10H2,1H3,(H2,25,26,27,28)/t11-/m0/s1. The van der Waals surface area contributed by atoms with Crippen LogP contribution in [0.5, 0.6) is 5.75 Å². The fraction of sp³-hybridized carbons (Fsp3) is 0.200. The van der Waals surface area contributed by atoms with Crippen molar-refractivity contribution in [2.45, 2.75) is 19.3 Å². The fourth-order valence-electron chi connectivity index (χ4n) is 2.72. The number of anilines is 3. The Labute approximate surface area is 184 Å². The first kappa shape index (κ1) is 23.7. The van der Waals surface area contributed by atoms with Crippen molar-refractivity contribution in [1.29, 1.82) is 0 Å². The minimum Gasteiger partial charge on any atom is -0.406 e. The average Bonchev–Trinajstić information content (AvgIpc) is 2.73. The van der Waals surface area contributed by atoms with Gasteiger partial charge in [0.1, 0.15) is 11.6 Å². The van der Waals surface area contributed by atoms with Crippen LogP contribution < -0.4 is 15.4 Å². The molecule has 9 nitrogen and oxygen atoms in total. The number of nitrogens with one attached hydrogen (secondary N) is 2. The molecular weight excluding hydrogens is 450 g/mol. The minimum atomic E-state index is -4.88. The van der Waals surface area contributed by atoms with Crippen molar-refractivity contribution in [2.75, 3.05) is 17.2 Å². The summed E-state index contributed by atoms with van der Waals surface area (Å²) in [6.07, 6.45) is -4.88. The van der Waals surface area contributed by atoms with Crippen molar-refractivity contribution in [2.24, 2.45) is 0 Å². The lowest BCUT2D eigenvalue weighted by Crippen LogP contribution is -2.21. The van der Waals surface area contributed by atoms with Crippen molar-refractivity contribution in [3.63, 3.8) is 0 Å². The zero-order chi connectivity index (χ0) is 24.2. The van der Waals surface area contributed by atoms with Crippen LogP contribution in [0.25, 0.3) is 11.3 Å². The van der Waals surface area contributed by atoms with Crippen molar-refractivity contribution in [3.05, 3.63) is 64.5 Å². The molecule has 0 radical (unpaired) electrons. The maximum absolute atomic E-state index is 13.6. The van der Waals surface area contributed by atoms with E-state index in [0.29, 0.717) is 0 Å². The molecule has 13 heteroatoms. The molecule has 0 spiro atoms. The Hall–Kier alpha value is -4.00. The number of hydrogen-bond acceptors (Lipinski definition) is 8. The van der Waals surface area contributed by atoms with Crippen LogP contribution in [-0.2, 0) is 0 Å². The zero-order valence-corrected chi connectivity index (χ0v) is 16.9. The molecule has 2 aromatic carbocycles. The number of ether oxygens (including phenoxy) is 1. The lowest BCUT2D eigenvalue weighted by molar-refractivity contribution is -0.387. The zero-order valence-electron chi connectivity index (χ0n) is 16.9. The first-order chi connectivity index (χ1) is 15.5. The quantitative estimate of drug-likeness (QED) is 0.249. The van der Waals surface area contributed by atoms with E-state index in [9.17, 15) is 32.8 Å². The van der Waals surface area contributed by atoms with Gasteiger partial charge in [-0.05, 0) is 31.2 Å². The molecule has 0 saturated heterocycles. The summed E-state index contributed by atoms with van der Waals surface area (Å²) in [5, 5.41) is 25.9. The Morgan fingerprint density at radius 2 is 1.94 bits per heavy atom. The number of rotatable bonds is 8. The van der Waals surface area contributed by atoms with Crippen LogP contribution in [0.15, 0.2) is 48.5 Å². The third-order valence-corrected chi connectivity index (χ3v) is 4.15. The molecule has 0 aliphatic carbocycles. The number of alkyl halides is 3. The predicted octanol–water partition coefficient (Wildman–Crippen LogP) is 4.63. The third-order valence-electron chi connectivity index (χ3n) is 4.15. The van der Waals surface area contributed by atoms with E-state index in [0.717, 1.165) is 24.3 Å². The Morgan fingerprint density at radius 3 is 2.61 bits per heavy atom. The molecule has 174 valence electrons. The SMILES string of the molecule is C[C@@H](CO)Nc1nc(Nc2ccc(F)c([N+](=O)[O-])c2)cc(-c2cccc(OC(F)(F)F)c2)n1. The number of benzene rings is 2. The topological polar surface area (TPSA) is 122 Å². The van der Waals surface area contributed by atoms with Gasteiger partial charge in [-0.25, -0.2) is 4.98 Å². The summed E-state index contributed by atoms with van der Waals surface area (Å²) in [7, 11) is 0. The van der Waals surface area contributed by atoms with Gasteiger partial charge in [0.25, 0.3) is 0 Å². The van der Waals surface area contributed by atoms with E-state index in [2.05, 4.69) is 25.3 Å². The van der Waals surface area contributed by atoms with Gasteiger partial charge in [-0.1, -0.05) is 12.1 Å². The monoisotopic (exact) mass is 467 g/mol. The number of hydrogen-bond donors (Lipinski definition) is 3. The maximum atomic E-state index is 13.6. The second-order valence-corrected chi connectivity index (χ2v) is 6.81. The maximum Gasteiger partial charge on any atom is 0.573 e. The van der Waals surface area contributed by atoms with Gasteiger partial charge in [-0.3, -0.25) is 10.1 Å². The van der Waals surface area contributed by atoms with E-state index in [1.165, 1.54) is 24.3 Å². The van der Waals surface area contributed by atoms with Gasteiger partial charge in [0.05, 0.1) is 17.2 Å². The lowest BCUT2D eigenvalue weighted by Gasteiger charge is -2.15. The van der Waals surface area contributed by atoms with Gasteiger partial charge < -0.3 is 20.5 Å². The van der Waals surface area contributed by atoms with Crippen molar-refractivity contribution in [3.8, 4) is 17.0 Å². The van der Waals surface area contributed by atoms with Gasteiger partial charge in [0, 0.05) is 29.4 Å². The van der Waals surface area contributed by atoms with Crippen LogP contribution >= 0.6 is 0 Å². The molecule has 0 fully saturated rings. The first-order valence-corrected chi connectivity index (χ1v) is 9.37. The van der Waals surface area contributed by atoms with E-state index in [1.54, 1.807) is 6.92 Å². The second kappa shape index (κ2) is 9.65. The molecule has 1 atom stereocenters. The number of aromatic nitrogens is 2. The summed E-state index contributed by atoms with van der Waals surface area (Å²) < 4.78 is 55.3. The number of nitrogens with zero attached hydrogens (tertiary/aromatic N) is 3. The van der Waals surface area contributed by atoms with Crippen molar-refractivity contribution in [1.82, 2.24) is 9.97 Å². The Bertz CT molecular complexity index is 1160. The molecule has 3 rings (SSSR count). The molecule has 33 heavy (non-hydrogen) atoms. The Balaban J connectivity index is 2.01. The molecular formula is C20H17F4N5O4. The van der Waals surface area contributed by atoms with Gasteiger partial charge in [-0.15, -0.1) is 13.2 Å². The highest BCUT2D eigenvalue weighted by Crippen LogP contribution is 2.30. The van der Waals surface area contributed by atoms with E-state index in [4.69, 9.17) is 0 Å². The van der Waals surface area contributed by atoms with Gasteiger partial charge >= 0.3 is 12.0 Å². The molecule has 0 aliphatic heterocycles. The van der Waals surface area contributed by atoms with E-state index in [-0.39, 0.29) is 35.3 Å². The van der Waals surface area contributed by atoms with Crippen LogP contribution in [0.4, 0.5) is 40.7 Å². The number of nitro groups is 1. The summed E-state index contributed by atoms with van der Waals surface area (Å²) in [4.78, 5) is 18.6. The highest BCUT2D eigenvalue weighted by molar-refractivity contribution is 5.69. The lowest BCUT2D eigenvalue weighted by atomic mass is 10.1. The van der Waals surface area contributed by atoms with Gasteiger partial charge in [-0.2, -0.15) is 9.37 Å². The molecule has 0 aliphatic rings. The fourth-order valence-corrected chi connectivity index (χ4v) is 2.72. The van der Waals surface area contributed by atoms with E-state index >= 15 is 0 Å². The molecule has 0 saturated carbocycles. The number of nitro benzene ring substituents is 1. The average molecular weight is 467 g/mol. The largest absolute Gasteiger partial charge is 0.573 e. The van der Waals surface area contributed by atoms with E-state index in [1.807, 2.05) is 0 Å². The Morgan fingerprint density at radius 1 is 1.18 bits per heavy atom. The molecule has 0 amide bonds. The third kappa shape index (κ3) is 6.49. The number of halogens is 4. The molecule has 3 N–H and O–H groups in total. The summed E-state index contributed by atoms with van der Waals surface area (Å²) in [6, 6.07) is 9.16. The normalized spacial score (nSPS) is 12.2. The summed E-state index contributed by atoms with van der Waals surface area (Å²) >= 11 is 0. The molecule has 3 aromatic rings. The van der Waals surface area contributed by atoms with E-state index < -0.39 is 34.6 Å². The summed E-state index contributed by atoms with van der Waals surface area (Å²) in [6.45, 7) is 1.39. The molecule has 1 aromatic heterocycles. The van der Waals surface area contributed by atoms with Crippen molar-refractivity contribution >= 4 is 23.1 Å². The van der Waals surface area contributed by atoms with Crippen LogP contribution in [-0.4, -0.2) is 39.0 Å². The summed E-state index contributed by atoms with van der Waals surface area (Å²) in [5.41, 5.74) is -0.169. The molecule has 1 heterocycles. The van der Waals surface area contributed by atoms with Crippen molar-refractivity contribution < 1.29 is 32.3 Å². The van der Waals surface area contributed by atoms with Crippen LogP contribution in [0.3, 0.4) is 0 Å². The minimum absolute atomic E-state index is 0.0234. The number of aliphatic hydroxyl groups is 1. The predicted molar refractivity (Wildman–Crippen MR) is 111 cm³/mol. The molecule has 0 unspecified atom stereocenters. The second-order valence-electron chi connectivity index (χ2n) is 6.81. The Kier molecular flexibility index (Phi) is 6.92. The highest BCUT2D eigenvalue weighted by Gasteiger charge is 2.31. The number of aliphatic hydroxyl groups excluding tert-OH is 1. The van der Waals surface area contributed by atoms with Crippen LogP contribution in [0.2, 0.25) is 0 Å². The van der Waals surface area contributed by atoms with Crippen LogP contribution in [0, 0.1) is 15.9 Å².